The summed E-state index contributed by atoms with van der Waals surface area (Å²) in [5.41, 5.74) is 36.1. The molecule has 0 unspecified atom stereocenters. The van der Waals surface area contributed by atoms with E-state index in [4.69, 9.17) is 72.5 Å². The Morgan fingerprint density at radius 2 is 0.689 bits per heavy atom. The number of nitrogens with two attached hydrogens (primary N) is 4. The molecule has 0 atom stereocenters. The van der Waals surface area contributed by atoms with Crippen LogP contribution in [0.3, 0.4) is 0 Å². The second-order valence-electron chi connectivity index (χ2n) is 23.9. The van der Waals surface area contributed by atoms with Gasteiger partial charge in [0.15, 0.2) is 0 Å². The number of hydrogen-bond donors (Lipinski definition) is 9. The van der Waals surface area contributed by atoms with Gasteiger partial charge < -0.3 is 48.2 Å². The first-order chi connectivity index (χ1) is 50.7. The number of sulfone groups is 3. The number of carbonyl (C=O) groups is 3. The van der Waals surface area contributed by atoms with Crippen molar-refractivity contribution in [2.75, 3.05) is 22.9 Å². The average molecular weight is 1460 g/mol. The van der Waals surface area contributed by atoms with Crippen LogP contribution in [-0.2, 0) is 42.4 Å². The number of anilines is 4. The fraction of sp³-hybridized carbons (Fsp3) is 0.0247. The molecule has 4 heterocycles. The van der Waals surface area contributed by atoms with E-state index in [1.54, 1.807) is 84.9 Å². The van der Waals surface area contributed by atoms with Crippen LogP contribution in [0.4, 0.5) is 34.1 Å². The molecule has 25 heteroatoms. The highest BCUT2D eigenvalue weighted by molar-refractivity contribution is 7.92. The zero-order valence-electron chi connectivity index (χ0n) is 55.4. The van der Waals surface area contributed by atoms with Gasteiger partial charge in [-0.2, -0.15) is 0 Å². The molecule has 0 saturated heterocycles. The van der Waals surface area contributed by atoms with Crippen LogP contribution in [0.5, 0.6) is 0 Å². The van der Waals surface area contributed by atoms with Gasteiger partial charge in [0.1, 0.15) is 11.6 Å². The van der Waals surface area contributed by atoms with Crippen molar-refractivity contribution in [3.8, 4) is 59.8 Å². The molecule has 15 rings (SSSR count). The number of aromatic amines is 2. The standard InChI is InChI=1S/C52H32N6O4S2.C12H14N4O2S.C9H6O2.C8H6O4/c1-3-31-8-5-10-33(22-31)47-27-37-25-39(14-18-43(37)53-47)63(59,60)42-17-21-46-50(30-42)58-52(56-46)36-13-7-11-34(24-36)48-28-38-26-40(15-19-44(38)54-48)64(61,62)41-16-20-45-49(29-41)57-51(55-45)35-12-6-9-32(4-2)23-35;13-9-3-1-7(5-11(9)15)19(17,18)8-2-4-10(14)12(16)6-8;1-2-7-4-3-5-8(6-7)9(10)11;9-7(10)5-2-1-3-6(4-5)8(11)12/h1-2,5-26,29-30H,27-28H2,(H,55,57)(H,56,58);1-6H,13-16H2;1,3-6H,(H,10,11);1-4H,(H,9,10)(H,11,12). The molecule has 0 spiro atoms. The van der Waals surface area contributed by atoms with Gasteiger partial charge in [-0.1, -0.05) is 72.4 Å². The zero-order valence-corrected chi connectivity index (χ0v) is 57.9. The van der Waals surface area contributed by atoms with E-state index in [-0.39, 0.29) is 57.4 Å². The first-order valence-electron chi connectivity index (χ1n) is 31.8. The third-order valence-electron chi connectivity index (χ3n) is 17.0. The minimum Gasteiger partial charge on any atom is -0.478 e. The van der Waals surface area contributed by atoms with Gasteiger partial charge in [-0.05, 0) is 198 Å². The second kappa shape index (κ2) is 29.4. The predicted octanol–water partition coefficient (Wildman–Crippen LogP) is 13.1. The summed E-state index contributed by atoms with van der Waals surface area (Å²) in [6.45, 7) is 0. The third kappa shape index (κ3) is 15.2. The topological polar surface area (TPSA) is 400 Å². The monoisotopic (exact) mass is 1460 g/mol. The molecule has 0 radical (unpaired) electrons. The van der Waals surface area contributed by atoms with Gasteiger partial charge in [0.05, 0.1) is 114 Å². The predicted molar refractivity (Wildman–Crippen MR) is 407 cm³/mol. The van der Waals surface area contributed by atoms with Crippen molar-refractivity contribution in [3.63, 3.8) is 0 Å². The average Bonchev–Trinajstić information content (AvgIpc) is 1.55. The second-order valence-corrected chi connectivity index (χ2v) is 29.8. The molecule has 2 aliphatic heterocycles. The van der Waals surface area contributed by atoms with Crippen LogP contribution in [0.25, 0.3) is 44.8 Å². The minimum absolute atomic E-state index is 0.0186. The highest BCUT2D eigenvalue weighted by Crippen LogP contribution is 2.37. The van der Waals surface area contributed by atoms with E-state index in [0.29, 0.717) is 69.2 Å². The maximum absolute atomic E-state index is 14.0. The van der Waals surface area contributed by atoms with E-state index in [9.17, 15) is 39.6 Å². The lowest BCUT2D eigenvalue weighted by Crippen LogP contribution is -2.05. The van der Waals surface area contributed by atoms with Crippen LogP contribution in [-0.4, -0.2) is 89.8 Å². The number of aromatic nitrogens is 4. The molecule has 0 aliphatic carbocycles. The van der Waals surface area contributed by atoms with Crippen molar-refractivity contribution in [1.29, 1.82) is 0 Å². The summed E-state index contributed by atoms with van der Waals surface area (Å²) < 4.78 is 80.7. The maximum atomic E-state index is 14.0. The van der Waals surface area contributed by atoms with E-state index in [1.807, 2.05) is 72.8 Å². The lowest BCUT2D eigenvalue weighted by Gasteiger charge is -2.08. The Morgan fingerprint density at radius 1 is 0.358 bits per heavy atom. The smallest absolute Gasteiger partial charge is 0.335 e. The van der Waals surface area contributed by atoms with E-state index in [2.05, 4.69) is 32.7 Å². The number of benzene rings is 11. The molecule has 0 amide bonds. The Hall–Kier alpha value is -14.2. The molecule has 106 heavy (non-hydrogen) atoms. The molecule has 13 aromatic rings. The molecule has 0 bridgehead atoms. The minimum atomic E-state index is -3.89. The largest absolute Gasteiger partial charge is 0.478 e. The van der Waals surface area contributed by atoms with Crippen molar-refractivity contribution >= 4 is 115 Å². The number of carboxylic acid groups (broad SMARTS) is 3. The Kier molecular flexibility index (Phi) is 19.9. The summed E-state index contributed by atoms with van der Waals surface area (Å²) in [5.74, 6) is 5.58. The van der Waals surface area contributed by atoms with Crippen LogP contribution in [0, 0.1) is 37.0 Å². The van der Waals surface area contributed by atoms with Gasteiger partial charge in [-0.3, -0.25) is 9.98 Å². The fourth-order valence-electron chi connectivity index (χ4n) is 11.4. The molecular weight excluding hydrogens is 1400 g/mol. The lowest BCUT2D eigenvalue weighted by atomic mass is 10.0. The highest BCUT2D eigenvalue weighted by atomic mass is 32.2. The molecular formula is C81H58N10O12S3. The molecule has 0 fully saturated rings. The summed E-state index contributed by atoms with van der Waals surface area (Å²) in [7, 11) is -11.5. The van der Waals surface area contributed by atoms with Crippen LogP contribution in [0.2, 0.25) is 0 Å². The maximum Gasteiger partial charge on any atom is 0.335 e. The number of rotatable bonds is 13. The number of aromatic carboxylic acids is 3. The number of nitrogens with zero attached hydrogens (tertiary/aromatic N) is 4. The lowest BCUT2D eigenvalue weighted by molar-refractivity contribution is 0.0682. The molecule has 522 valence electrons. The zero-order chi connectivity index (χ0) is 75.4. The number of nitrogen functional groups attached to an aromatic ring is 4. The Labute approximate surface area is 607 Å². The highest BCUT2D eigenvalue weighted by Gasteiger charge is 2.27. The van der Waals surface area contributed by atoms with Crippen molar-refractivity contribution in [2.24, 2.45) is 9.98 Å². The molecule has 0 saturated carbocycles. The normalized spacial score (nSPS) is 12.0. The van der Waals surface area contributed by atoms with E-state index < -0.39 is 47.4 Å². The van der Waals surface area contributed by atoms with Gasteiger partial charge in [-0.25, -0.2) is 49.6 Å². The number of imidazole rings is 2. The Balaban J connectivity index is 0.000000201. The van der Waals surface area contributed by atoms with Gasteiger partial charge in [-0.15, -0.1) is 19.3 Å². The quantitative estimate of drug-likeness (QED) is 0.0382. The van der Waals surface area contributed by atoms with Crippen molar-refractivity contribution in [1.82, 2.24) is 19.9 Å². The third-order valence-corrected chi connectivity index (χ3v) is 22.2. The van der Waals surface area contributed by atoms with E-state index >= 15 is 0 Å². The van der Waals surface area contributed by atoms with Crippen LogP contribution < -0.4 is 22.9 Å². The van der Waals surface area contributed by atoms with Crippen molar-refractivity contribution in [2.45, 2.75) is 42.2 Å². The number of aliphatic imine (C=N–C) groups is 2. The Morgan fingerprint density at radius 3 is 1.11 bits per heavy atom. The summed E-state index contributed by atoms with van der Waals surface area (Å²) in [5, 5.41) is 25.5. The van der Waals surface area contributed by atoms with Crippen LogP contribution >= 0.6 is 0 Å². The van der Waals surface area contributed by atoms with Crippen LogP contribution in [0.15, 0.2) is 270 Å². The number of terminal acetylenes is 3. The van der Waals surface area contributed by atoms with Gasteiger partial charge in [0, 0.05) is 40.7 Å². The number of hydrogen-bond acceptors (Lipinski definition) is 17. The van der Waals surface area contributed by atoms with E-state index in [0.717, 1.165) is 67.7 Å². The van der Waals surface area contributed by atoms with Gasteiger partial charge >= 0.3 is 17.9 Å². The van der Waals surface area contributed by atoms with E-state index in [1.165, 1.54) is 66.7 Å². The summed E-state index contributed by atoms with van der Waals surface area (Å²) in [4.78, 5) is 57.6. The number of H-pyrrole nitrogens is 2. The number of carboxylic acids is 3. The first kappa shape index (κ1) is 71.7. The molecule has 2 aromatic heterocycles. The molecule has 13 N–H and O–H groups in total. The fourth-order valence-corrected chi connectivity index (χ4v) is 15.4. The number of nitrogens with one attached hydrogen (secondary N) is 2. The molecule has 11 aromatic carbocycles. The van der Waals surface area contributed by atoms with Crippen LogP contribution in [0.1, 0.15) is 70.0 Å². The van der Waals surface area contributed by atoms with Gasteiger partial charge in [0.25, 0.3) is 0 Å². The summed E-state index contributed by atoms with van der Waals surface area (Å²) in [6, 6.07) is 62.4. The number of fused-ring (bicyclic) bond motifs is 4. The Bertz CT molecular complexity index is 6290. The molecule has 22 nitrogen and oxygen atoms in total. The SMILES string of the molecule is C#Cc1cccc(C(=O)O)c1.C#Cc1cccc(C2=Nc3ccc(S(=O)(=O)c4ccc5nc(-c6cccc(C7=Nc8ccc(S(=O)(=O)c9ccc%10nc(-c%11cccc(C#C)c%11)[nH]c%10c9)cc8C7)c6)[nH]c5c4)cc3C2)c1.Nc1ccc(S(=O)(=O)c2ccc(N)c(N)c2)cc1N.O=C(O)c1cccc(C(=O)O)c1. The van der Waals surface area contributed by atoms with Crippen molar-refractivity contribution < 1.29 is 55.0 Å². The van der Waals surface area contributed by atoms with Crippen molar-refractivity contribution in [3.05, 3.63) is 286 Å². The summed E-state index contributed by atoms with van der Waals surface area (Å²) in [6.07, 6.45) is 17.2. The summed E-state index contributed by atoms with van der Waals surface area (Å²) >= 11 is 0. The first-order valence-corrected chi connectivity index (χ1v) is 36.2. The molecule has 2 aliphatic rings. The van der Waals surface area contributed by atoms with Gasteiger partial charge in [0.2, 0.25) is 29.5 Å².